The number of rotatable bonds is 5. The van der Waals surface area contributed by atoms with Gasteiger partial charge in [0.2, 0.25) is 11.8 Å². The molecule has 1 saturated heterocycles. The van der Waals surface area contributed by atoms with Crippen molar-refractivity contribution >= 4 is 11.8 Å². The number of hydrogen-bond acceptors (Lipinski definition) is 2. The Balaban J connectivity index is 1.86. The lowest BCUT2D eigenvalue weighted by Gasteiger charge is -2.35. The van der Waals surface area contributed by atoms with Crippen molar-refractivity contribution in [2.24, 2.45) is 17.8 Å². The highest BCUT2D eigenvalue weighted by atomic mass is 16.2. The monoisotopic (exact) mass is 294 g/mol. The molecular formula is C17H30N2O2. The molecule has 2 fully saturated rings. The largest absolute Gasteiger partial charge is 0.343 e. The predicted octanol–water partition coefficient (Wildman–Crippen LogP) is 2.58. The van der Waals surface area contributed by atoms with E-state index in [4.69, 9.17) is 0 Å². The van der Waals surface area contributed by atoms with E-state index in [0.29, 0.717) is 5.92 Å². The molecule has 0 aromatic heterocycles. The van der Waals surface area contributed by atoms with E-state index >= 15 is 0 Å². The van der Waals surface area contributed by atoms with Crippen LogP contribution >= 0.6 is 0 Å². The minimum absolute atomic E-state index is 0.00253. The summed E-state index contributed by atoms with van der Waals surface area (Å²) in [5.41, 5.74) is 0. The standard InChI is InChI=1S/C17H30N2O2/c1-12(2)9-15-17(21)19(11-16(20)18-15)8-7-14-6-4-5-13(3)10-14/h12-15H,4-11H2,1-3H3,(H,18,20). The molecule has 21 heavy (non-hydrogen) atoms. The molecule has 3 unspecified atom stereocenters. The zero-order valence-electron chi connectivity index (χ0n) is 13.7. The van der Waals surface area contributed by atoms with E-state index < -0.39 is 0 Å². The first-order chi connectivity index (χ1) is 9.95. The summed E-state index contributed by atoms with van der Waals surface area (Å²) in [7, 11) is 0. The molecule has 120 valence electrons. The van der Waals surface area contributed by atoms with Gasteiger partial charge < -0.3 is 10.2 Å². The van der Waals surface area contributed by atoms with Gasteiger partial charge in [0.15, 0.2) is 0 Å². The second kappa shape index (κ2) is 7.28. The van der Waals surface area contributed by atoms with Gasteiger partial charge in [0.1, 0.15) is 6.04 Å². The van der Waals surface area contributed by atoms with Crippen LogP contribution in [0.4, 0.5) is 0 Å². The summed E-state index contributed by atoms with van der Waals surface area (Å²) in [6, 6.07) is -0.309. The molecule has 2 rings (SSSR count). The van der Waals surface area contributed by atoms with Crippen LogP contribution in [-0.2, 0) is 9.59 Å². The molecule has 4 heteroatoms. The van der Waals surface area contributed by atoms with E-state index in [1.165, 1.54) is 25.7 Å². The number of piperazine rings is 1. The fourth-order valence-electron chi connectivity index (χ4n) is 3.75. The van der Waals surface area contributed by atoms with E-state index in [-0.39, 0.29) is 24.4 Å². The first kappa shape index (κ1) is 16.3. The first-order valence-electron chi connectivity index (χ1n) is 8.54. The van der Waals surface area contributed by atoms with Crippen LogP contribution in [0.5, 0.6) is 0 Å². The van der Waals surface area contributed by atoms with E-state index in [9.17, 15) is 9.59 Å². The van der Waals surface area contributed by atoms with Gasteiger partial charge in [-0.2, -0.15) is 0 Å². The Morgan fingerprint density at radius 1 is 1.29 bits per heavy atom. The molecular weight excluding hydrogens is 264 g/mol. The van der Waals surface area contributed by atoms with Gasteiger partial charge >= 0.3 is 0 Å². The molecule has 0 bridgehead atoms. The lowest BCUT2D eigenvalue weighted by Crippen LogP contribution is -2.58. The van der Waals surface area contributed by atoms with Crippen LogP contribution in [0.15, 0.2) is 0 Å². The molecule has 1 heterocycles. The number of hydrogen-bond donors (Lipinski definition) is 1. The fraction of sp³-hybridized carbons (Fsp3) is 0.882. The highest BCUT2D eigenvalue weighted by Gasteiger charge is 2.33. The summed E-state index contributed by atoms with van der Waals surface area (Å²) in [4.78, 5) is 26.0. The molecule has 2 amide bonds. The van der Waals surface area contributed by atoms with Crippen LogP contribution in [0.1, 0.15) is 59.3 Å². The van der Waals surface area contributed by atoms with Crippen LogP contribution in [0, 0.1) is 17.8 Å². The highest BCUT2D eigenvalue weighted by molar-refractivity contribution is 5.94. The van der Waals surface area contributed by atoms with Gasteiger partial charge in [-0.05, 0) is 37.0 Å². The van der Waals surface area contributed by atoms with E-state index in [2.05, 4.69) is 26.1 Å². The molecule has 0 aromatic rings. The SMILES string of the molecule is CC(C)CC1NC(=O)CN(CCC2CCCC(C)C2)C1=O. The average molecular weight is 294 g/mol. The van der Waals surface area contributed by atoms with Gasteiger partial charge in [0, 0.05) is 6.54 Å². The Morgan fingerprint density at radius 3 is 2.71 bits per heavy atom. The van der Waals surface area contributed by atoms with Gasteiger partial charge in [0.25, 0.3) is 0 Å². The molecule has 4 nitrogen and oxygen atoms in total. The molecule has 0 radical (unpaired) electrons. The minimum atomic E-state index is -0.309. The van der Waals surface area contributed by atoms with Crippen LogP contribution < -0.4 is 5.32 Å². The molecule has 1 saturated carbocycles. The molecule has 1 N–H and O–H groups in total. The number of carbonyl (C=O) groups is 2. The summed E-state index contributed by atoms with van der Waals surface area (Å²) in [6.07, 6.45) is 7.02. The van der Waals surface area contributed by atoms with Crippen LogP contribution in [0.2, 0.25) is 0 Å². The third-order valence-corrected chi connectivity index (χ3v) is 4.84. The Labute approximate surface area is 128 Å². The quantitative estimate of drug-likeness (QED) is 0.847. The predicted molar refractivity (Wildman–Crippen MR) is 83.7 cm³/mol. The normalized spacial score (nSPS) is 30.7. The van der Waals surface area contributed by atoms with Crippen LogP contribution in [0.3, 0.4) is 0 Å². The van der Waals surface area contributed by atoms with Crippen molar-refractivity contribution in [3.05, 3.63) is 0 Å². The highest BCUT2D eigenvalue weighted by Crippen LogP contribution is 2.30. The van der Waals surface area contributed by atoms with Crippen molar-refractivity contribution in [2.45, 2.75) is 65.3 Å². The minimum Gasteiger partial charge on any atom is -0.343 e. The van der Waals surface area contributed by atoms with E-state index in [1.54, 1.807) is 4.90 Å². The zero-order valence-corrected chi connectivity index (χ0v) is 13.7. The van der Waals surface area contributed by atoms with Crippen molar-refractivity contribution in [3.63, 3.8) is 0 Å². The van der Waals surface area contributed by atoms with Crippen molar-refractivity contribution in [1.29, 1.82) is 0 Å². The topological polar surface area (TPSA) is 49.4 Å². The second-order valence-electron chi connectivity index (χ2n) is 7.44. The molecule has 3 atom stereocenters. The number of nitrogens with zero attached hydrogens (tertiary/aromatic N) is 1. The zero-order chi connectivity index (χ0) is 15.4. The Hall–Kier alpha value is -1.06. The van der Waals surface area contributed by atoms with Crippen molar-refractivity contribution in [1.82, 2.24) is 10.2 Å². The van der Waals surface area contributed by atoms with Crippen LogP contribution in [0.25, 0.3) is 0 Å². The van der Waals surface area contributed by atoms with Crippen molar-refractivity contribution in [3.8, 4) is 0 Å². The van der Waals surface area contributed by atoms with Gasteiger partial charge in [-0.1, -0.05) is 40.0 Å². The van der Waals surface area contributed by atoms with Crippen molar-refractivity contribution in [2.75, 3.05) is 13.1 Å². The maximum Gasteiger partial charge on any atom is 0.245 e. The van der Waals surface area contributed by atoms with Gasteiger partial charge in [-0.3, -0.25) is 9.59 Å². The second-order valence-corrected chi connectivity index (χ2v) is 7.44. The lowest BCUT2D eigenvalue weighted by molar-refractivity contribution is -0.144. The number of nitrogens with one attached hydrogen (secondary N) is 1. The summed E-state index contributed by atoms with van der Waals surface area (Å²) in [6.45, 7) is 7.49. The van der Waals surface area contributed by atoms with Gasteiger partial charge in [0.05, 0.1) is 6.54 Å². The van der Waals surface area contributed by atoms with Crippen molar-refractivity contribution < 1.29 is 9.59 Å². The lowest BCUT2D eigenvalue weighted by atomic mass is 9.81. The third kappa shape index (κ3) is 4.72. The fourth-order valence-corrected chi connectivity index (χ4v) is 3.75. The third-order valence-electron chi connectivity index (χ3n) is 4.84. The summed E-state index contributed by atoms with van der Waals surface area (Å²) in [5.74, 6) is 2.08. The Bertz CT molecular complexity index is 381. The molecule has 1 aliphatic carbocycles. The molecule has 0 spiro atoms. The maximum absolute atomic E-state index is 12.5. The van der Waals surface area contributed by atoms with Gasteiger partial charge in [-0.15, -0.1) is 0 Å². The summed E-state index contributed by atoms with van der Waals surface area (Å²) >= 11 is 0. The van der Waals surface area contributed by atoms with E-state index in [1.807, 2.05) is 0 Å². The molecule has 0 aromatic carbocycles. The summed E-state index contributed by atoms with van der Waals surface area (Å²) < 4.78 is 0. The average Bonchev–Trinajstić information content (AvgIpc) is 2.40. The number of carbonyl (C=O) groups excluding carboxylic acids is 2. The maximum atomic E-state index is 12.5. The number of amides is 2. The van der Waals surface area contributed by atoms with E-state index in [0.717, 1.165) is 31.2 Å². The molecule has 1 aliphatic heterocycles. The summed E-state index contributed by atoms with van der Waals surface area (Å²) in [5, 5.41) is 2.84. The first-order valence-corrected chi connectivity index (χ1v) is 8.54. The Morgan fingerprint density at radius 2 is 2.05 bits per heavy atom. The van der Waals surface area contributed by atoms with Crippen LogP contribution in [-0.4, -0.2) is 35.8 Å². The Kier molecular flexibility index (Phi) is 5.65. The van der Waals surface area contributed by atoms with Gasteiger partial charge in [-0.25, -0.2) is 0 Å². The smallest absolute Gasteiger partial charge is 0.245 e. The molecule has 2 aliphatic rings.